The number of aromatic nitrogens is 2. The predicted molar refractivity (Wildman–Crippen MR) is 72.7 cm³/mol. The number of rotatable bonds is 4. The van der Waals surface area contributed by atoms with Crippen LogP contribution in [0.4, 0.5) is 13.2 Å². The molecule has 1 N–H and O–H groups in total. The Morgan fingerprint density at radius 3 is 2.45 bits per heavy atom. The summed E-state index contributed by atoms with van der Waals surface area (Å²) in [4.78, 5) is 11.5. The summed E-state index contributed by atoms with van der Waals surface area (Å²) in [6.07, 6.45) is -3.75. The van der Waals surface area contributed by atoms with Crippen molar-refractivity contribution in [3.63, 3.8) is 0 Å². The van der Waals surface area contributed by atoms with Crippen LogP contribution in [0.3, 0.4) is 0 Å². The third kappa shape index (κ3) is 3.21. The highest BCUT2D eigenvalue weighted by atomic mass is 19.4. The molecule has 0 aliphatic heterocycles. The van der Waals surface area contributed by atoms with Gasteiger partial charge in [-0.05, 0) is 17.7 Å². The zero-order valence-electron chi connectivity index (χ0n) is 11.9. The molecule has 1 heterocycles. The van der Waals surface area contributed by atoms with Crippen LogP contribution in [0.15, 0.2) is 30.5 Å². The molecule has 0 spiro atoms. The van der Waals surface area contributed by atoms with E-state index < -0.39 is 23.3 Å². The number of hydrogen-bond donors (Lipinski definition) is 1. The summed E-state index contributed by atoms with van der Waals surface area (Å²) in [5, 5.41) is 5.87. The number of methoxy groups -OCH3 is 1. The fourth-order valence-electron chi connectivity index (χ4n) is 2.01. The van der Waals surface area contributed by atoms with Crippen molar-refractivity contribution in [2.45, 2.75) is 12.7 Å². The van der Waals surface area contributed by atoms with Crippen LogP contribution in [0.2, 0.25) is 0 Å². The number of ether oxygens (including phenoxy) is 1. The first-order chi connectivity index (χ1) is 10.4. The first kappa shape index (κ1) is 15.9. The summed E-state index contributed by atoms with van der Waals surface area (Å²) in [6, 6.07) is 6.57. The molecule has 1 amide bonds. The molecule has 0 radical (unpaired) electrons. The number of benzene rings is 1. The van der Waals surface area contributed by atoms with E-state index in [0.717, 1.165) is 10.9 Å². The van der Waals surface area contributed by atoms with Gasteiger partial charge in [-0.15, -0.1) is 0 Å². The minimum absolute atomic E-state index is 0.101. The van der Waals surface area contributed by atoms with E-state index in [2.05, 4.69) is 10.4 Å². The highest BCUT2D eigenvalue weighted by molar-refractivity contribution is 5.95. The minimum atomic E-state index is -4.68. The minimum Gasteiger partial charge on any atom is -0.497 e. The summed E-state index contributed by atoms with van der Waals surface area (Å²) in [5.41, 5.74) is -0.955. The summed E-state index contributed by atoms with van der Waals surface area (Å²) < 4.78 is 45.4. The van der Waals surface area contributed by atoms with Crippen molar-refractivity contribution < 1.29 is 22.7 Å². The van der Waals surface area contributed by atoms with Gasteiger partial charge >= 0.3 is 6.18 Å². The Labute approximate surface area is 124 Å². The van der Waals surface area contributed by atoms with Gasteiger partial charge < -0.3 is 10.1 Å². The van der Waals surface area contributed by atoms with E-state index in [1.807, 2.05) is 0 Å². The van der Waals surface area contributed by atoms with Gasteiger partial charge in [0.05, 0.1) is 25.4 Å². The van der Waals surface area contributed by atoms with Crippen molar-refractivity contribution in [3.05, 3.63) is 47.3 Å². The highest BCUT2D eigenvalue weighted by Gasteiger charge is 2.39. The summed E-state index contributed by atoms with van der Waals surface area (Å²) in [7, 11) is 2.77. The Morgan fingerprint density at radius 2 is 1.95 bits per heavy atom. The third-order valence-corrected chi connectivity index (χ3v) is 3.07. The first-order valence-electron chi connectivity index (χ1n) is 6.35. The molecule has 1 aromatic heterocycles. The molecule has 1 aromatic carbocycles. The van der Waals surface area contributed by atoms with Crippen LogP contribution in [-0.2, 0) is 12.7 Å². The SMILES string of the molecule is CNC(=O)c1cnn(Cc2ccc(OC)cc2)c1C(F)(F)F. The molecule has 0 atom stereocenters. The fraction of sp³-hybridized carbons (Fsp3) is 0.286. The van der Waals surface area contributed by atoms with Crippen LogP contribution < -0.4 is 10.1 Å². The molecule has 0 fully saturated rings. The van der Waals surface area contributed by atoms with E-state index in [0.29, 0.717) is 11.3 Å². The molecule has 8 heteroatoms. The van der Waals surface area contributed by atoms with Crippen molar-refractivity contribution in [3.8, 4) is 5.75 Å². The van der Waals surface area contributed by atoms with Gasteiger partial charge in [0.15, 0.2) is 5.69 Å². The molecule has 22 heavy (non-hydrogen) atoms. The molecule has 0 aliphatic rings. The lowest BCUT2D eigenvalue weighted by atomic mass is 10.2. The summed E-state index contributed by atoms with van der Waals surface area (Å²) >= 11 is 0. The number of nitrogens with zero attached hydrogens (tertiary/aromatic N) is 2. The number of carbonyl (C=O) groups excluding carboxylic acids is 1. The van der Waals surface area contributed by atoms with Crippen LogP contribution in [-0.4, -0.2) is 29.8 Å². The standard InChI is InChI=1S/C14H14F3N3O2/c1-18-13(21)11-7-19-20(12(11)14(15,16)17)8-9-3-5-10(22-2)6-4-9/h3-7H,8H2,1-2H3,(H,18,21). The molecule has 0 unspecified atom stereocenters. The number of carbonyl (C=O) groups is 1. The first-order valence-corrected chi connectivity index (χ1v) is 6.35. The quantitative estimate of drug-likeness (QED) is 0.942. The van der Waals surface area contributed by atoms with E-state index in [1.165, 1.54) is 14.2 Å². The lowest BCUT2D eigenvalue weighted by molar-refractivity contribution is -0.144. The van der Waals surface area contributed by atoms with Gasteiger partial charge in [-0.2, -0.15) is 18.3 Å². The fourth-order valence-corrected chi connectivity index (χ4v) is 2.01. The number of halogens is 3. The Morgan fingerprint density at radius 1 is 1.32 bits per heavy atom. The second kappa shape index (κ2) is 6.08. The molecule has 0 bridgehead atoms. The maximum Gasteiger partial charge on any atom is 0.433 e. The van der Waals surface area contributed by atoms with Gasteiger partial charge in [0.25, 0.3) is 5.91 Å². The number of alkyl halides is 3. The van der Waals surface area contributed by atoms with Crippen LogP contribution in [0.5, 0.6) is 5.75 Å². The predicted octanol–water partition coefficient (Wildman–Crippen LogP) is 2.32. The lowest BCUT2D eigenvalue weighted by Gasteiger charge is -2.12. The molecule has 5 nitrogen and oxygen atoms in total. The summed E-state index contributed by atoms with van der Waals surface area (Å²) in [6.45, 7) is -0.101. The second-order valence-corrected chi connectivity index (χ2v) is 4.49. The molecular weight excluding hydrogens is 299 g/mol. The summed E-state index contributed by atoms with van der Waals surface area (Å²) in [5.74, 6) is -0.223. The van der Waals surface area contributed by atoms with Crippen molar-refractivity contribution in [1.29, 1.82) is 0 Å². The highest BCUT2D eigenvalue weighted by Crippen LogP contribution is 2.32. The third-order valence-electron chi connectivity index (χ3n) is 3.07. The Balaban J connectivity index is 2.38. The second-order valence-electron chi connectivity index (χ2n) is 4.49. The monoisotopic (exact) mass is 313 g/mol. The van der Waals surface area contributed by atoms with Crippen LogP contribution in [0.25, 0.3) is 0 Å². The van der Waals surface area contributed by atoms with E-state index in [9.17, 15) is 18.0 Å². The van der Waals surface area contributed by atoms with Crippen molar-refractivity contribution >= 4 is 5.91 Å². The number of amides is 1. The Hall–Kier alpha value is -2.51. The van der Waals surface area contributed by atoms with Gasteiger partial charge in [-0.1, -0.05) is 12.1 Å². The topological polar surface area (TPSA) is 56.2 Å². The maximum atomic E-state index is 13.2. The molecule has 118 valence electrons. The molecule has 0 saturated carbocycles. The normalized spacial score (nSPS) is 11.3. The van der Waals surface area contributed by atoms with Crippen LogP contribution in [0.1, 0.15) is 21.6 Å². The number of hydrogen-bond acceptors (Lipinski definition) is 3. The van der Waals surface area contributed by atoms with E-state index in [1.54, 1.807) is 24.3 Å². The Bertz CT molecular complexity index is 663. The molecular formula is C14H14F3N3O2. The van der Waals surface area contributed by atoms with Gasteiger partial charge in [0.1, 0.15) is 5.75 Å². The number of nitrogens with one attached hydrogen (secondary N) is 1. The van der Waals surface area contributed by atoms with Gasteiger partial charge in [0.2, 0.25) is 0 Å². The van der Waals surface area contributed by atoms with E-state index >= 15 is 0 Å². The van der Waals surface area contributed by atoms with Crippen molar-refractivity contribution in [1.82, 2.24) is 15.1 Å². The average Bonchev–Trinajstić information content (AvgIpc) is 2.91. The largest absolute Gasteiger partial charge is 0.497 e. The van der Waals surface area contributed by atoms with Crippen LogP contribution >= 0.6 is 0 Å². The van der Waals surface area contributed by atoms with Gasteiger partial charge in [0, 0.05) is 7.05 Å². The molecule has 2 rings (SSSR count). The molecule has 0 saturated heterocycles. The van der Waals surface area contributed by atoms with E-state index in [-0.39, 0.29) is 6.54 Å². The maximum absolute atomic E-state index is 13.2. The molecule has 0 aliphatic carbocycles. The smallest absolute Gasteiger partial charge is 0.433 e. The van der Waals surface area contributed by atoms with Crippen molar-refractivity contribution in [2.24, 2.45) is 0 Å². The lowest BCUT2D eigenvalue weighted by Crippen LogP contribution is -2.24. The van der Waals surface area contributed by atoms with Gasteiger partial charge in [-0.25, -0.2) is 0 Å². The Kier molecular flexibility index (Phi) is 4.39. The zero-order chi connectivity index (χ0) is 16.3. The molecule has 2 aromatic rings. The zero-order valence-corrected chi connectivity index (χ0v) is 11.9. The van der Waals surface area contributed by atoms with Crippen LogP contribution in [0, 0.1) is 0 Å². The van der Waals surface area contributed by atoms with Gasteiger partial charge in [-0.3, -0.25) is 9.48 Å². The average molecular weight is 313 g/mol. The van der Waals surface area contributed by atoms with Crippen molar-refractivity contribution in [2.75, 3.05) is 14.2 Å². The van der Waals surface area contributed by atoms with E-state index in [4.69, 9.17) is 4.74 Å².